The summed E-state index contributed by atoms with van der Waals surface area (Å²) in [6.45, 7) is 1.74. The molecule has 68 valence electrons. The van der Waals surface area contributed by atoms with Crippen molar-refractivity contribution in [1.29, 1.82) is 0 Å². The number of rotatable bonds is 2. The molecule has 5 heteroatoms. The van der Waals surface area contributed by atoms with Crippen molar-refractivity contribution in [2.75, 3.05) is 6.54 Å². The van der Waals surface area contributed by atoms with E-state index in [9.17, 15) is 10.2 Å². The van der Waals surface area contributed by atoms with Crippen LogP contribution in [-0.2, 0) is 7.05 Å². The first-order chi connectivity index (χ1) is 5.57. The summed E-state index contributed by atoms with van der Waals surface area (Å²) in [4.78, 5) is 0. The van der Waals surface area contributed by atoms with Crippen LogP contribution in [0.25, 0.3) is 0 Å². The summed E-state index contributed by atoms with van der Waals surface area (Å²) in [6, 6.07) is 0. The maximum Gasteiger partial charge on any atom is 0.162 e. The number of nitrogens with zero attached hydrogens (tertiary/aromatic N) is 2. The molecule has 1 aromatic rings. The van der Waals surface area contributed by atoms with E-state index in [-0.39, 0.29) is 12.3 Å². The van der Waals surface area contributed by atoms with Crippen molar-refractivity contribution in [3.05, 3.63) is 11.4 Å². The van der Waals surface area contributed by atoms with Crippen LogP contribution in [0, 0.1) is 6.92 Å². The Hall–Kier alpha value is -1.07. The lowest BCUT2D eigenvalue weighted by Gasteiger charge is -2.07. The van der Waals surface area contributed by atoms with Crippen molar-refractivity contribution in [3.8, 4) is 5.75 Å². The third-order valence-corrected chi connectivity index (χ3v) is 1.77. The molecule has 1 unspecified atom stereocenters. The molecule has 0 aliphatic rings. The van der Waals surface area contributed by atoms with Gasteiger partial charge in [0.1, 0.15) is 17.5 Å². The van der Waals surface area contributed by atoms with Crippen molar-refractivity contribution in [2.24, 2.45) is 12.8 Å². The molecule has 0 radical (unpaired) electrons. The molecule has 12 heavy (non-hydrogen) atoms. The monoisotopic (exact) mass is 171 g/mol. The summed E-state index contributed by atoms with van der Waals surface area (Å²) in [5, 5.41) is 22.7. The van der Waals surface area contributed by atoms with E-state index in [1.807, 2.05) is 0 Å². The predicted octanol–water partition coefficient (Wildman–Crippen LogP) is -0.574. The van der Waals surface area contributed by atoms with E-state index in [0.717, 1.165) is 0 Å². The maximum absolute atomic E-state index is 9.42. The highest BCUT2D eigenvalue weighted by molar-refractivity contribution is 5.32. The molecule has 0 aromatic carbocycles. The Morgan fingerprint density at radius 1 is 1.67 bits per heavy atom. The van der Waals surface area contributed by atoms with Crippen LogP contribution in [0.15, 0.2) is 0 Å². The number of nitrogens with two attached hydrogens (primary N) is 1. The molecule has 0 saturated carbocycles. The summed E-state index contributed by atoms with van der Waals surface area (Å²) < 4.78 is 1.43. The van der Waals surface area contributed by atoms with E-state index < -0.39 is 6.10 Å². The van der Waals surface area contributed by atoms with Gasteiger partial charge < -0.3 is 15.9 Å². The topological polar surface area (TPSA) is 84.3 Å². The van der Waals surface area contributed by atoms with Gasteiger partial charge in [0.25, 0.3) is 0 Å². The van der Waals surface area contributed by atoms with Crippen LogP contribution in [0.4, 0.5) is 0 Å². The summed E-state index contributed by atoms with van der Waals surface area (Å²) >= 11 is 0. The number of aliphatic hydroxyl groups is 1. The molecule has 0 fully saturated rings. The fourth-order valence-corrected chi connectivity index (χ4v) is 1.15. The van der Waals surface area contributed by atoms with E-state index in [0.29, 0.717) is 11.4 Å². The zero-order chi connectivity index (χ0) is 9.30. The van der Waals surface area contributed by atoms with Gasteiger partial charge in [0.05, 0.1) is 0 Å². The standard InChI is InChI=1S/C7H13N3O2/c1-4-7(12)6(5(11)3-8)10(2)9-4/h5,11-12H,3,8H2,1-2H3. The summed E-state index contributed by atoms with van der Waals surface area (Å²) in [7, 11) is 1.65. The number of aromatic nitrogens is 2. The Morgan fingerprint density at radius 2 is 2.25 bits per heavy atom. The zero-order valence-electron chi connectivity index (χ0n) is 7.15. The van der Waals surface area contributed by atoms with Crippen molar-refractivity contribution in [2.45, 2.75) is 13.0 Å². The summed E-state index contributed by atoms with van der Waals surface area (Å²) in [6.07, 6.45) is -0.851. The average Bonchev–Trinajstić information content (AvgIpc) is 2.26. The molecule has 0 aliphatic heterocycles. The Morgan fingerprint density at radius 3 is 2.58 bits per heavy atom. The van der Waals surface area contributed by atoms with Gasteiger partial charge in [-0.05, 0) is 6.92 Å². The number of aromatic hydroxyl groups is 1. The van der Waals surface area contributed by atoms with Gasteiger partial charge >= 0.3 is 0 Å². The van der Waals surface area contributed by atoms with Gasteiger partial charge in [0, 0.05) is 13.6 Å². The van der Waals surface area contributed by atoms with Gasteiger partial charge in [-0.3, -0.25) is 4.68 Å². The van der Waals surface area contributed by atoms with Crippen molar-refractivity contribution in [3.63, 3.8) is 0 Å². The Kier molecular flexibility index (Phi) is 2.35. The molecule has 0 amide bonds. The highest BCUT2D eigenvalue weighted by atomic mass is 16.3. The molecule has 1 atom stereocenters. The quantitative estimate of drug-likeness (QED) is 0.556. The van der Waals surface area contributed by atoms with Crippen LogP contribution in [0.1, 0.15) is 17.5 Å². The molecule has 0 spiro atoms. The van der Waals surface area contributed by atoms with Gasteiger partial charge in [-0.15, -0.1) is 0 Å². The molecule has 5 nitrogen and oxygen atoms in total. The average molecular weight is 171 g/mol. The number of aliphatic hydroxyl groups excluding tert-OH is 1. The molecule has 0 aliphatic carbocycles. The van der Waals surface area contributed by atoms with Gasteiger partial charge in [0.15, 0.2) is 5.75 Å². The maximum atomic E-state index is 9.42. The first kappa shape index (κ1) is 9.02. The molecule has 1 heterocycles. The Bertz CT molecular complexity index is 282. The highest BCUT2D eigenvalue weighted by Gasteiger charge is 2.18. The SMILES string of the molecule is Cc1nn(C)c(C(O)CN)c1O. The lowest BCUT2D eigenvalue weighted by atomic mass is 10.2. The largest absolute Gasteiger partial charge is 0.504 e. The fourth-order valence-electron chi connectivity index (χ4n) is 1.15. The molecule has 1 rings (SSSR count). The zero-order valence-corrected chi connectivity index (χ0v) is 7.15. The van der Waals surface area contributed by atoms with Gasteiger partial charge in [-0.1, -0.05) is 0 Å². The molecular formula is C7H13N3O2. The van der Waals surface area contributed by atoms with Crippen LogP contribution < -0.4 is 5.73 Å². The smallest absolute Gasteiger partial charge is 0.162 e. The van der Waals surface area contributed by atoms with Crippen LogP contribution >= 0.6 is 0 Å². The van der Waals surface area contributed by atoms with E-state index in [2.05, 4.69) is 5.10 Å². The number of aryl methyl sites for hydroxylation is 2. The minimum atomic E-state index is -0.851. The predicted molar refractivity (Wildman–Crippen MR) is 43.6 cm³/mol. The second-order valence-corrected chi connectivity index (χ2v) is 2.69. The van der Waals surface area contributed by atoms with E-state index in [1.54, 1.807) is 14.0 Å². The molecule has 1 aromatic heterocycles. The molecule has 0 bridgehead atoms. The second-order valence-electron chi connectivity index (χ2n) is 2.69. The molecular weight excluding hydrogens is 158 g/mol. The van der Waals surface area contributed by atoms with Gasteiger partial charge in [-0.2, -0.15) is 5.10 Å². The van der Waals surface area contributed by atoms with Crippen LogP contribution in [0.2, 0.25) is 0 Å². The van der Waals surface area contributed by atoms with Gasteiger partial charge in [-0.25, -0.2) is 0 Å². The van der Waals surface area contributed by atoms with Crippen LogP contribution in [0.5, 0.6) is 5.75 Å². The lowest BCUT2D eigenvalue weighted by Crippen LogP contribution is -2.15. The van der Waals surface area contributed by atoms with Gasteiger partial charge in [0.2, 0.25) is 0 Å². The normalized spacial score (nSPS) is 13.3. The number of hydrogen-bond acceptors (Lipinski definition) is 4. The molecule has 0 saturated heterocycles. The van der Waals surface area contributed by atoms with E-state index in [1.165, 1.54) is 4.68 Å². The van der Waals surface area contributed by atoms with Crippen molar-refractivity contribution in [1.82, 2.24) is 9.78 Å². The lowest BCUT2D eigenvalue weighted by molar-refractivity contribution is 0.172. The number of hydrogen-bond donors (Lipinski definition) is 3. The van der Waals surface area contributed by atoms with Crippen molar-refractivity contribution < 1.29 is 10.2 Å². The first-order valence-electron chi connectivity index (χ1n) is 3.68. The Balaban J connectivity index is 3.13. The van der Waals surface area contributed by atoms with Crippen molar-refractivity contribution >= 4 is 0 Å². The first-order valence-corrected chi connectivity index (χ1v) is 3.68. The van der Waals surface area contributed by atoms with Crippen LogP contribution in [-0.4, -0.2) is 26.5 Å². The van der Waals surface area contributed by atoms with Crippen LogP contribution in [0.3, 0.4) is 0 Å². The highest BCUT2D eigenvalue weighted by Crippen LogP contribution is 2.25. The minimum absolute atomic E-state index is 0.0236. The minimum Gasteiger partial charge on any atom is -0.504 e. The third-order valence-electron chi connectivity index (χ3n) is 1.77. The molecule has 4 N–H and O–H groups in total. The van der Waals surface area contributed by atoms with E-state index in [4.69, 9.17) is 5.73 Å². The van der Waals surface area contributed by atoms with E-state index >= 15 is 0 Å². The third kappa shape index (κ3) is 1.28. The summed E-state index contributed by atoms with van der Waals surface area (Å²) in [5.41, 5.74) is 6.12. The fraction of sp³-hybridized carbons (Fsp3) is 0.571. The second kappa shape index (κ2) is 3.12. The Labute approximate surface area is 70.4 Å². The summed E-state index contributed by atoms with van der Waals surface area (Å²) in [5.74, 6) is 0.0236.